The summed E-state index contributed by atoms with van der Waals surface area (Å²) in [7, 11) is -3.53. The molecule has 7 heteroatoms. The molecule has 0 radical (unpaired) electrons. The van der Waals surface area contributed by atoms with Crippen LogP contribution in [0.15, 0.2) is 47.6 Å². The second-order valence-electron chi connectivity index (χ2n) is 4.38. The molecule has 2 heterocycles. The van der Waals surface area contributed by atoms with Crippen molar-refractivity contribution in [2.24, 2.45) is 0 Å². The van der Waals surface area contributed by atoms with E-state index < -0.39 is 10.0 Å². The molecule has 0 aliphatic carbocycles. The van der Waals surface area contributed by atoms with Gasteiger partial charge in [-0.15, -0.1) is 0 Å². The zero-order valence-corrected chi connectivity index (χ0v) is 12.6. The Morgan fingerprint density at radius 3 is 2.71 bits per heavy atom. The molecular weight excluding hydrogens is 288 g/mol. The molecule has 0 amide bonds. The van der Waals surface area contributed by atoms with Crippen LogP contribution < -0.4 is 10.0 Å². The van der Waals surface area contributed by atoms with Crippen molar-refractivity contribution in [1.82, 2.24) is 14.7 Å². The summed E-state index contributed by atoms with van der Waals surface area (Å²) in [6, 6.07) is 8.57. The Kier molecular flexibility index (Phi) is 5.24. The Morgan fingerprint density at radius 1 is 1.14 bits per heavy atom. The van der Waals surface area contributed by atoms with Crippen LogP contribution in [0.5, 0.6) is 0 Å². The van der Waals surface area contributed by atoms with Crippen LogP contribution in [0.1, 0.15) is 12.6 Å². The number of nitrogens with zero attached hydrogens (tertiary/aromatic N) is 2. The molecule has 0 aliphatic heterocycles. The number of hydrogen-bond acceptors (Lipinski definition) is 5. The Morgan fingerprint density at radius 2 is 2.00 bits per heavy atom. The van der Waals surface area contributed by atoms with Crippen molar-refractivity contribution in [3.63, 3.8) is 0 Å². The van der Waals surface area contributed by atoms with Gasteiger partial charge >= 0.3 is 0 Å². The highest BCUT2D eigenvalue weighted by Gasteiger charge is 2.14. The number of hydrogen-bond donors (Lipinski definition) is 2. The number of aromatic nitrogens is 2. The van der Waals surface area contributed by atoms with E-state index in [1.165, 1.54) is 18.3 Å². The number of pyridine rings is 2. The largest absolute Gasteiger partial charge is 0.370 e. The minimum Gasteiger partial charge on any atom is -0.370 e. The molecule has 112 valence electrons. The van der Waals surface area contributed by atoms with Gasteiger partial charge < -0.3 is 5.32 Å². The molecule has 0 spiro atoms. The molecule has 2 aromatic rings. The Hall–Kier alpha value is -1.99. The van der Waals surface area contributed by atoms with Crippen molar-refractivity contribution >= 4 is 15.8 Å². The van der Waals surface area contributed by atoms with Crippen molar-refractivity contribution < 1.29 is 8.42 Å². The third-order valence-corrected chi connectivity index (χ3v) is 4.26. The maximum atomic E-state index is 12.2. The van der Waals surface area contributed by atoms with E-state index in [4.69, 9.17) is 0 Å². The molecule has 2 N–H and O–H groups in total. The predicted octanol–water partition coefficient (Wildman–Crippen LogP) is 1.43. The summed E-state index contributed by atoms with van der Waals surface area (Å²) in [5, 5.41) is 2.99. The lowest BCUT2D eigenvalue weighted by Crippen LogP contribution is -2.26. The van der Waals surface area contributed by atoms with Crippen LogP contribution in [0.25, 0.3) is 0 Å². The van der Waals surface area contributed by atoms with Gasteiger partial charge in [-0.05, 0) is 25.1 Å². The van der Waals surface area contributed by atoms with Crippen molar-refractivity contribution in [3.05, 3.63) is 48.4 Å². The molecule has 0 aliphatic rings. The quantitative estimate of drug-likeness (QED) is 0.808. The molecule has 2 rings (SSSR count). The molecule has 6 nitrogen and oxygen atoms in total. The first-order valence-corrected chi connectivity index (χ1v) is 8.19. The van der Waals surface area contributed by atoms with Gasteiger partial charge in [-0.2, -0.15) is 0 Å². The van der Waals surface area contributed by atoms with Crippen LogP contribution in [-0.2, 0) is 16.4 Å². The molecule has 0 unspecified atom stereocenters. The van der Waals surface area contributed by atoms with E-state index in [9.17, 15) is 8.42 Å². The van der Waals surface area contributed by atoms with Gasteiger partial charge in [-0.3, -0.25) is 4.98 Å². The molecule has 0 aromatic carbocycles. The van der Waals surface area contributed by atoms with E-state index >= 15 is 0 Å². The molecule has 0 saturated heterocycles. The SMILES string of the molecule is CCNc1cc(S(=O)(=O)NCCc2ccccn2)ccn1. The topological polar surface area (TPSA) is 84.0 Å². The van der Waals surface area contributed by atoms with Gasteiger partial charge in [-0.25, -0.2) is 18.1 Å². The average Bonchev–Trinajstić information content (AvgIpc) is 2.49. The van der Waals surface area contributed by atoms with Gasteiger partial charge in [0.2, 0.25) is 10.0 Å². The predicted molar refractivity (Wildman–Crippen MR) is 81.5 cm³/mol. The molecular formula is C14H18N4O2S. The monoisotopic (exact) mass is 306 g/mol. The minimum atomic E-state index is -3.53. The Balaban J connectivity index is 1.99. The second kappa shape index (κ2) is 7.14. The number of anilines is 1. The smallest absolute Gasteiger partial charge is 0.240 e. The average molecular weight is 306 g/mol. The van der Waals surface area contributed by atoms with E-state index in [-0.39, 0.29) is 4.90 Å². The first-order chi connectivity index (χ1) is 10.1. The molecule has 21 heavy (non-hydrogen) atoms. The van der Waals surface area contributed by atoms with Gasteiger partial charge in [0, 0.05) is 43.7 Å². The fraction of sp³-hybridized carbons (Fsp3) is 0.286. The van der Waals surface area contributed by atoms with Crippen LogP contribution in [0.3, 0.4) is 0 Å². The summed E-state index contributed by atoms with van der Waals surface area (Å²) >= 11 is 0. The first kappa shape index (κ1) is 15.4. The first-order valence-electron chi connectivity index (χ1n) is 6.71. The normalized spacial score (nSPS) is 11.3. The summed E-state index contributed by atoms with van der Waals surface area (Å²) in [6.07, 6.45) is 3.71. The van der Waals surface area contributed by atoms with Crippen molar-refractivity contribution in [3.8, 4) is 0 Å². The molecule has 0 fully saturated rings. The highest BCUT2D eigenvalue weighted by atomic mass is 32.2. The molecule has 0 saturated carbocycles. The van der Waals surface area contributed by atoms with Gasteiger partial charge in [0.1, 0.15) is 5.82 Å². The Bertz CT molecular complexity index is 674. The summed E-state index contributed by atoms with van der Waals surface area (Å²) in [4.78, 5) is 8.42. The van der Waals surface area contributed by atoms with Crippen molar-refractivity contribution in [2.45, 2.75) is 18.2 Å². The lowest BCUT2D eigenvalue weighted by atomic mass is 10.3. The highest BCUT2D eigenvalue weighted by molar-refractivity contribution is 7.89. The maximum absolute atomic E-state index is 12.2. The minimum absolute atomic E-state index is 0.203. The molecule has 0 bridgehead atoms. The van der Waals surface area contributed by atoms with Crippen molar-refractivity contribution in [1.29, 1.82) is 0 Å². The van der Waals surface area contributed by atoms with E-state index in [0.717, 1.165) is 5.69 Å². The summed E-state index contributed by atoms with van der Waals surface area (Å²) in [5.74, 6) is 0.546. The summed E-state index contributed by atoms with van der Waals surface area (Å²) in [5.41, 5.74) is 0.850. The zero-order chi connectivity index (χ0) is 15.1. The second-order valence-corrected chi connectivity index (χ2v) is 6.14. The van der Waals surface area contributed by atoms with Crippen LogP contribution in [0, 0.1) is 0 Å². The maximum Gasteiger partial charge on any atom is 0.240 e. The lowest BCUT2D eigenvalue weighted by Gasteiger charge is -2.08. The van der Waals surface area contributed by atoms with Gasteiger partial charge in [-0.1, -0.05) is 6.07 Å². The van der Waals surface area contributed by atoms with Crippen LogP contribution in [0.2, 0.25) is 0 Å². The fourth-order valence-corrected chi connectivity index (χ4v) is 2.84. The van der Waals surface area contributed by atoms with Crippen LogP contribution in [0.4, 0.5) is 5.82 Å². The molecule has 0 atom stereocenters. The number of sulfonamides is 1. The van der Waals surface area contributed by atoms with E-state index in [2.05, 4.69) is 20.0 Å². The van der Waals surface area contributed by atoms with Crippen molar-refractivity contribution in [2.75, 3.05) is 18.4 Å². The van der Waals surface area contributed by atoms with E-state index in [0.29, 0.717) is 25.3 Å². The Labute approximate surface area is 124 Å². The lowest BCUT2D eigenvalue weighted by molar-refractivity contribution is 0.581. The standard InChI is InChI=1S/C14H18N4O2S/c1-2-15-14-11-13(7-9-17-14)21(19,20)18-10-6-12-5-3-4-8-16-12/h3-5,7-9,11,18H,2,6,10H2,1H3,(H,15,17). The zero-order valence-electron chi connectivity index (χ0n) is 11.8. The third-order valence-electron chi connectivity index (χ3n) is 2.80. The van der Waals surface area contributed by atoms with E-state index in [1.54, 1.807) is 6.20 Å². The molecule has 2 aromatic heterocycles. The number of nitrogens with one attached hydrogen (secondary N) is 2. The summed E-state index contributed by atoms with van der Waals surface area (Å²) < 4.78 is 27.0. The van der Waals surface area contributed by atoms with Crippen LogP contribution >= 0.6 is 0 Å². The van der Waals surface area contributed by atoms with E-state index in [1.807, 2.05) is 25.1 Å². The van der Waals surface area contributed by atoms with Gasteiger partial charge in [0.05, 0.1) is 4.90 Å². The van der Waals surface area contributed by atoms with Crippen LogP contribution in [-0.4, -0.2) is 31.5 Å². The third kappa shape index (κ3) is 4.51. The fourth-order valence-electron chi connectivity index (χ4n) is 1.80. The summed E-state index contributed by atoms with van der Waals surface area (Å²) in [6.45, 7) is 2.91. The van der Waals surface area contributed by atoms with Gasteiger partial charge in [0.15, 0.2) is 0 Å². The number of rotatable bonds is 7. The van der Waals surface area contributed by atoms with Gasteiger partial charge in [0.25, 0.3) is 0 Å². The highest BCUT2D eigenvalue weighted by Crippen LogP contribution is 2.12.